The van der Waals surface area contributed by atoms with E-state index < -0.39 is 0 Å². The zero-order chi connectivity index (χ0) is 20.9. The highest BCUT2D eigenvalue weighted by Gasteiger charge is 2.19. The Kier molecular flexibility index (Phi) is 5.80. The molecule has 2 amide bonds. The first-order valence-electron chi connectivity index (χ1n) is 9.71. The molecule has 3 aromatic rings. The number of nitrogens with one attached hydrogen (secondary N) is 2. The van der Waals surface area contributed by atoms with Crippen LogP contribution in [0.25, 0.3) is 11.1 Å². The molecule has 3 aromatic heterocycles. The predicted octanol–water partition coefficient (Wildman–Crippen LogP) is 1.82. The smallest absolute Gasteiger partial charge is 0.274 e. The van der Waals surface area contributed by atoms with Crippen molar-refractivity contribution in [2.75, 3.05) is 25.1 Å². The van der Waals surface area contributed by atoms with Gasteiger partial charge in [0.2, 0.25) is 0 Å². The van der Waals surface area contributed by atoms with Gasteiger partial charge in [-0.25, -0.2) is 0 Å². The molecule has 0 spiro atoms. The Morgan fingerprint density at radius 3 is 2.83 bits per heavy atom. The summed E-state index contributed by atoms with van der Waals surface area (Å²) in [6, 6.07) is 5.66. The highest BCUT2D eigenvalue weighted by molar-refractivity contribution is 6.08. The minimum absolute atomic E-state index is 0.148. The van der Waals surface area contributed by atoms with Crippen LogP contribution in [0.4, 0.5) is 5.69 Å². The molecule has 0 fully saturated rings. The van der Waals surface area contributed by atoms with Crippen LogP contribution in [0.3, 0.4) is 0 Å². The van der Waals surface area contributed by atoms with Gasteiger partial charge < -0.3 is 15.4 Å². The second kappa shape index (κ2) is 8.83. The Bertz CT molecular complexity index is 1080. The van der Waals surface area contributed by atoms with Crippen molar-refractivity contribution >= 4 is 17.5 Å². The first-order valence-corrected chi connectivity index (χ1v) is 9.71. The van der Waals surface area contributed by atoms with Crippen molar-refractivity contribution in [3.63, 3.8) is 0 Å². The molecule has 4 rings (SSSR count). The number of ether oxygens (including phenoxy) is 1. The third kappa shape index (κ3) is 4.52. The molecule has 30 heavy (non-hydrogen) atoms. The fourth-order valence-electron chi connectivity index (χ4n) is 3.24. The summed E-state index contributed by atoms with van der Waals surface area (Å²) < 4.78 is 7.08. The summed E-state index contributed by atoms with van der Waals surface area (Å²) in [4.78, 5) is 33.9. The van der Waals surface area contributed by atoms with Gasteiger partial charge in [0.25, 0.3) is 11.8 Å². The van der Waals surface area contributed by atoms with Crippen molar-refractivity contribution in [2.45, 2.75) is 12.8 Å². The number of aromatic nitrogens is 4. The van der Waals surface area contributed by atoms with Gasteiger partial charge in [-0.3, -0.25) is 24.2 Å². The molecule has 0 aliphatic carbocycles. The van der Waals surface area contributed by atoms with Gasteiger partial charge in [0, 0.05) is 56.2 Å². The number of aryl methyl sites for hydroxylation is 2. The summed E-state index contributed by atoms with van der Waals surface area (Å²) in [6.07, 6.45) is 8.13. The average molecular weight is 406 g/mol. The molecule has 0 aromatic carbocycles. The molecule has 0 unspecified atom stereocenters. The first kappa shape index (κ1) is 19.7. The third-order valence-electron chi connectivity index (χ3n) is 4.70. The molecule has 2 N–H and O–H groups in total. The molecule has 0 atom stereocenters. The summed E-state index contributed by atoms with van der Waals surface area (Å²) >= 11 is 0. The van der Waals surface area contributed by atoms with E-state index >= 15 is 0 Å². The van der Waals surface area contributed by atoms with Crippen LogP contribution in [-0.4, -0.2) is 51.3 Å². The Morgan fingerprint density at radius 1 is 1.07 bits per heavy atom. The maximum Gasteiger partial charge on any atom is 0.274 e. The topological polar surface area (TPSA) is 111 Å². The molecular weight excluding hydrogens is 384 g/mol. The normalized spacial score (nSPS) is 15.4. The minimum atomic E-state index is -0.373. The predicted molar refractivity (Wildman–Crippen MR) is 110 cm³/mol. The number of rotatable bonds is 0. The van der Waals surface area contributed by atoms with Crippen molar-refractivity contribution in [3.05, 3.63) is 59.9 Å². The molecule has 4 heterocycles. The zero-order valence-electron chi connectivity index (χ0n) is 16.6. The van der Waals surface area contributed by atoms with Crippen molar-refractivity contribution in [2.24, 2.45) is 7.05 Å². The molecule has 0 saturated heterocycles. The summed E-state index contributed by atoms with van der Waals surface area (Å²) in [5.74, 6) is -0.744. The molecule has 1 aliphatic heterocycles. The average Bonchev–Trinajstić information content (AvgIpc) is 3.12. The number of amides is 2. The molecular formula is C21H22N6O3. The highest BCUT2D eigenvalue weighted by atomic mass is 16.5. The van der Waals surface area contributed by atoms with E-state index in [9.17, 15) is 9.59 Å². The number of hydrogen-bond acceptors (Lipinski definition) is 6. The SMILES string of the molecule is Cn1cc2c(n1)C(=O)NCCOCCCc1cc(ccn1)-c1cncc(c1)C(=O)N2. The summed E-state index contributed by atoms with van der Waals surface area (Å²) in [7, 11) is 1.69. The van der Waals surface area contributed by atoms with Crippen molar-refractivity contribution in [3.8, 4) is 11.1 Å². The van der Waals surface area contributed by atoms with Gasteiger partial charge >= 0.3 is 0 Å². The summed E-state index contributed by atoms with van der Waals surface area (Å²) in [5.41, 5.74) is 3.56. The van der Waals surface area contributed by atoms with Gasteiger partial charge in [-0.2, -0.15) is 5.10 Å². The van der Waals surface area contributed by atoms with Gasteiger partial charge in [0.15, 0.2) is 5.69 Å². The Labute approximate surface area is 173 Å². The van der Waals surface area contributed by atoms with Gasteiger partial charge in [-0.15, -0.1) is 0 Å². The van der Waals surface area contributed by atoms with E-state index in [1.165, 1.54) is 10.9 Å². The standard InChI is InChI=1S/C21H22N6O3/c1-27-13-18-19(26-27)21(29)24-6-8-30-7-2-3-17-10-14(4-5-23-17)15-9-16(12-22-11-15)20(28)25-18/h4-5,9-13H,2-3,6-8H2,1H3,(H,24,29)(H,25,28). The second-order valence-corrected chi connectivity index (χ2v) is 6.99. The van der Waals surface area contributed by atoms with E-state index in [2.05, 4.69) is 25.7 Å². The highest BCUT2D eigenvalue weighted by Crippen LogP contribution is 2.21. The fraction of sp³-hybridized carbons (Fsp3) is 0.286. The number of pyridine rings is 2. The van der Waals surface area contributed by atoms with Crippen molar-refractivity contribution in [1.82, 2.24) is 25.1 Å². The Morgan fingerprint density at radius 2 is 1.93 bits per heavy atom. The van der Waals surface area contributed by atoms with E-state index in [1.807, 2.05) is 12.1 Å². The quantitative estimate of drug-likeness (QED) is 0.589. The number of anilines is 1. The lowest BCUT2D eigenvalue weighted by molar-refractivity contribution is 0.0908. The van der Waals surface area contributed by atoms with E-state index in [-0.39, 0.29) is 17.5 Å². The van der Waals surface area contributed by atoms with Gasteiger partial charge in [-0.1, -0.05) is 0 Å². The van der Waals surface area contributed by atoms with E-state index in [0.29, 0.717) is 31.0 Å². The van der Waals surface area contributed by atoms with Crippen LogP contribution in [0.5, 0.6) is 0 Å². The first-order chi connectivity index (χ1) is 14.6. The van der Waals surface area contributed by atoms with Crippen molar-refractivity contribution < 1.29 is 14.3 Å². The maximum absolute atomic E-state index is 12.8. The van der Waals surface area contributed by atoms with Crippen LogP contribution in [-0.2, 0) is 18.2 Å². The monoisotopic (exact) mass is 406 g/mol. The molecule has 0 saturated carbocycles. The second-order valence-electron chi connectivity index (χ2n) is 6.99. The fourth-order valence-corrected chi connectivity index (χ4v) is 3.24. The van der Waals surface area contributed by atoms with Gasteiger partial charge in [-0.05, 0) is 36.6 Å². The Balaban J connectivity index is 1.68. The van der Waals surface area contributed by atoms with E-state index in [1.54, 1.807) is 31.7 Å². The summed E-state index contributed by atoms with van der Waals surface area (Å²) in [6.45, 7) is 1.32. The zero-order valence-corrected chi connectivity index (χ0v) is 16.6. The molecule has 0 radical (unpaired) electrons. The van der Waals surface area contributed by atoms with E-state index in [4.69, 9.17) is 4.74 Å². The molecule has 154 valence electrons. The number of fused-ring (bicyclic) bond motifs is 6. The number of nitrogens with zero attached hydrogens (tertiary/aromatic N) is 4. The minimum Gasteiger partial charge on any atom is -0.380 e. The number of carbonyl (C=O) groups is 2. The third-order valence-corrected chi connectivity index (χ3v) is 4.70. The van der Waals surface area contributed by atoms with Crippen LogP contribution in [0.2, 0.25) is 0 Å². The Hall–Kier alpha value is -3.59. The lowest BCUT2D eigenvalue weighted by Gasteiger charge is -2.10. The largest absolute Gasteiger partial charge is 0.380 e. The van der Waals surface area contributed by atoms with Gasteiger partial charge in [0.1, 0.15) is 0 Å². The van der Waals surface area contributed by atoms with Crippen LogP contribution < -0.4 is 10.6 Å². The van der Waals surface area contributed by atoms with Crippen LogP contribution >= 0.6 is 0 Å². The number of hydrogen-bond donors (Lipinski definition) is 2. The molecule has 4 bridgehead atoms. The van der Waals surface area contributed by atoms with E-state index in [0.717, 1.165) is 29.7 Å². The molecule has 9 nitrogen and oxygen atoms in total. The molecule has 1 aliphatic rings. The maximum atomic E-state index is 12.8. The van der Waals surface area contributed by atoms with Crippen LogP contribution in [0.15, 0.2) is 43.0 Å². The van der Waals surface area contributed by atoms with Gasteiger partial charge in [0.05, 0.1) is 17.9 Å². The summed E-state index contributed by atoms with van der Waals surface area (Å²) in [5, 5.41) is 9.70. The molecule has 9 heteroatoms. The number of carbonyl (C=O) groups excluding carboxylic acids is 2. The lowest BCUT2D eigenvalue weighted by Crippen LogP contribution is -2.29. The van der Waals surface area contributed by atoms with Crippen LogP contribution in [0.1, 0.15) is 33.0 Å². The van der Waals surface area contributed by atoms with Crippen molar-refractivity contribution in [1.29, 1.82) is 0 Å². The van der Waals surface area contributed by atoms with Crippen LogP contribution in [0, 0.1) is 0 Å². The lowest BCUT2D eigenvalue weighted by atomic mass is 10.0.